The van der Waals surface area contributed by atoms with Gasteiger partial charge in [-0.3, -0.25) is 0 Å². The molecule has 1 heterocycles. The Morgan fingerprint density at radius 2 is 2.17 bits per heavy atom. The predicted molar refractivity (Wildman–Crippen MR) is 60.2 cm³/mol. The van der Waals surface area contributed by atoms with Crippen molar-refractivity contribution in [3.05, 3.63) is 0 Å². The molecule has 2 nitrogen and oxygen atoms in total. The topological polar surface area (TPSA) is 26.3 Å². The van der Waals surface area contributed by atoms with Crippen LogP contribution in [0, 0.1) is 0 Å². The SMILES string of the molecule is C[C@H]1SSC(C)(C)C1O[P+](=O)S. The molecule has 1 rings (SSSR count). The second-order valence-corrected chi connectivity index (χ2v) is 8.15. The summed E-state index contributed by atoms with van der Waals surface area (Å²) in [5.41, 5.74) is 0. The first-order chi connectivity index (χ1) is 5.43. The van der Waals surface area contributed by atoms with E-state index in [-0.39, 0.29) is 10.9 Å². The zero-order chi connectivity index (χ0) is 9.35. The van der Waals surface area contributed by atoms with Gasteiger partial charge in [-0.2, -0.15) is 0 Å². The first kappa shape index (κ1) is 11.2. The van der Waals surface area contributed by atoms with Crippen molar-refractivity contribution >= 4 is 41.1 Å². The third-order valence-corrected chi connectivity index (χ3v) is 6.22. The van der Waals surface area contributed by atoms with Crippen molar-refractivity contribution in [1.82, 2.24) is 0 Å². The lowest BCUT2D eigenvalue weighted by molar-refractivity contribution is 0.191. The van der Waals surface area contributed by atoms with E-state index in [1.165, 1.54) is 0 Å². The molecule has 70 valence electrons. The molecule has 0 aromatic rings. The minimum Gasteiger partial charge on any atom is -0.130 e. The summed E-state index contributed by atoms with van der Waals surface area (Å²) in [5.74, 6) is 0. The molecule has 0 aromatic heterocycles. The van der Waals surface area contributed by atoms with E-state index in [0.717, 1.165) is 0 Å². The maximum atomic E-state index is 10.8. The van der Waals surface area contributed by atoms with Gasteiger partial charge in [0.05, 0.1) is 4.75 Å². The third-order valence-electron chi connectivity index (χ3n) is 1.73. The summed E-state index contributed by atoms with van der Waals surface area (Å²) in [7, 11) is 1.79. The van der Waals surface area contributed by atoms with E-state index >= 15 is 0 Å². The Morgan fingerprint density at radius 1 is 1.58 bits per heavy atom. The van der Waals surface area contributed by atoms with Gasteiger partial charge < -0.3 is 0 Å². The smallest absolute Gasteiger partial charge is 0.130 e. The van der Waals surface area contributed by atoms with Gasteiger partial charge in [-0.05, 0) is 25.3 Å². The van der Waals surface area contributed by atoms with Gasteiger partial charge in [0.2, 0.25) is 0 Å². The maximum Gasteiger partial charge on any atom is 0.582 e. The van der Waals surface area contributed by atoms with Crippen LogP contribution in [0.1, 0.15) is 20.8 Å². The maximum absolute atomic E-state index is 10.8. The minimum atomic E-state index is -1.78. The van der Waals surface area contributed by atoms with Crippen LogP contribution < -0.4 is 0 Å². The standard InChI is InChI=1S/C6H11O2PS3/c1-4-5(8-9(7)10)6(2,3)12-11-4/h4-5H,1-3H3/p+1/t4-,5?/m1/s1. The van der Waals surface area contributed by atoms with Crippen LogP contribution in [0.2, 0.25) is 0 Å². The van der Waals surface area contributed by atoms with Crippen LogP contribution in [0.3, 0.4) is 0 Å². The predicted octanol–water partition coefficient (Wildman–Crippen LogP) is 3.52. The highest BCUT2D eigenvalue weighted by Gasteiger charge is 2.47. The summed E-state index contributed by atoms with van der Waals surface area (Å²) in [4.78, 5) is 0. The molecule has 0 N–H and O–H groups in total. The second kappa shape index (κ2) is 4.09. The first-order valence-corrected chi connectivity index (χ1v) is 8.15. The molecule has 1 aliphatic rings. The van der Waals surface area contributed by atoms with Gasteiger partial charge in [-0.15, -0.1) is 4.52 Å². The van der Waals surface area contributed by atoms with Crippen LogP contribution in [-0.4, -0.2) is 16.1 Å². The molecule has 0 saturated carbocycles. The van der Waals surface area contributed by atoms with Crippen LogP contribution in [0.25, 0.3) is 0 Å². The van der Waals surface area contributed by atoms with Crippen molar-refractivity contribution in [2.75, 3.05) is 0 Å². The Kier molecular flexibility index (Phi) is 3.82. The van der Waals surface area contributed by atoms with Crippen molar-refractivity contribution in [2.24, 2.45) is 0 Å². The van der Waals surface area contributed by atoms with Crippen molar-refractivity contribution in [2.45, 2.75) is 36.9 Å². The summed E-state index contributed by atoms with van der Waals surface area (Å²) in [5, 5.41) is 0.385. The number of rotatable bonds is 2. The van der Waals surface area contributed by atoms with Gasteiger partial charge in [0.25, 0.3) is 0 Å². The molecule has 12 heavy (non-hydrogen) atoms. The molecule has 0 spiro atoms. The lowest BCUT2D eigenvalue weighted by Gasteiger charge is -2.20. The van der Waals surface area contributed by atoms with E-state index in [1.54, 1.807) is 21.6 Å². The highest BCUT2D eigenvalue weighted by molar-refractivity contribution is 8.77. The van der Waals surface area contributed by atoms with E-state index in [4.69, 9.17) is 4.52 Å². The molecule has 1 saturated heterocycles. The summed E-state index contributed by atoms with van der Waals surface area (Å²) in [6, 6.07) is 0. The van der Waals surface area contributed by atoms with E-state index in [1.807, 2.05) is 0 Å². The fourth-order valence-electron chi connectivity index (χ4n) is 1.17. The van der Waals surface area contributed by atoms with Gasteiger partial charge >= 0.3 is 7.23 Å². The molecule has 1 fully saturated rings. The Morgan fingerprint density at radius 3 is 2.50 bits per heavy atom. The Balaban J connectivity index is 2.65. The average molecular weight is 243 g/mol. The highest BCUT2D eigenvalue weighted by Crippen LogP contribution is 2.54. The lowest BCUT2D eigenvalue weighted by Crippen LogP contribution is -2.34. The van der Waals surface area contributed by atoms with E-state index in [2.05, 4.69) is 33.0 Å². The van der Waals surface area contributed by atoms with Gasteiger partial charge in [-0.25, -0.2) is 0 Å². The largest absolute Gasteiger partial charge is 0.582 e. The first-order valence-electron chi connectivity index (χ1n) is 3.61. The zero-order valence-corrected chi connectivity index (χ0v) is 10.6. The van der Waals surface area contributed by atoms with E-state index < -0.39 is 7.23 Å². The van der Waals surface area contributed by atoms with Crippen LogP contribution in [-0.2, 0) is 9.09 Å². The molecule has 0 amide bonds. The average Bonchev–Trinajstić information content (AvgIpc) is 2.15. The Hall–Kier alpha value is 1.11. The molecule has 2 unspecified atom stereocenters. The van der Waals surface area contributed by atoms with Crippen molar-refractivity contribution in [1.29, 1.82) is 0 Å². The molecule has 0 aromatic carbocycles. The molecule has 0 radical (unpaired) electrons. The van der Waals surface area contributed by atoms with Crippen molar-refractivity contribution in [3.63, 3.8) is 0 Å². The molecular formula is C6H12O2PS3+. The van der Waals surface area contributed by atoms with Gasteiger partial charge in [-0.1, -0.05) is 21.6 Å². The molecule has 3 atom stereocenters. The normalized spacial score (nSPS) is 35.2. The lowest BCUT2D eigenvalue weighted by atomic mass is 10.0. The van der Waals surface area contributed by atoms with Crippen LogP contribution in [0.15, 0.2) is 0 Å². The van der Waals surface area contributed by atoms with Crippen molar-refractivity contribution < 1.29 is 9.09 Å². The number of hydrogen-bond donors (Lipinski definition) is 1. The summed E-state index contributed by atoms with van der Waals surface area (Å²) in [6.07, 6.45) is 0.0358. The fourth-order valence-corrected chi connectivity index (χ4v) is 5.39. The Bertz CT molecular complexity index is 197. The molecular weight excluding hydrogens is 231 g/mol. The molecule has 0 bridgehead atoms. The number of hydrogen-bond acceptors (Lipinski definition) is 4. The summed E-state index contributed by atoms with van der Waals surface area (Å²) >= 11 is 3.76. The summed E-state index contributed by atoms with van der Waals surface area (Å²) < 4.78 is 16.1. The van der Waals surface area contributed by atoms with Crippen LogP contribution >= 0.6 is 41.1 Å². The monoisotopic (exact) mass is 243 g/mol. The number of thiol groups is 1. The molecule has 1 aliphatic heterocycles. The minimum absolute atomic E-state index is 0.0358. The fraction of sp³-hybridized carbons (Fsp3) is 1.00. The highest BCUT2D eigenvalue weighted by atomic mass is 33.1. The zero-order valence-electron chi connectivity index (χ0n) is 7.18. The quantitative estimate of drug-likeness (QED) is 0.456. The van der Waals surface area contributed by atoms with Gasteiger partial charge in [0.15, 0.2) is 0 Å². The second-order valence-electron chi connectivity index (χ2n) is 3.25. The third kappa shape index (κ3) is 2.55. The molecule has 6 heteroatoms. The van der Waals surface area contributed by atoms with Gasteiger partial charge in [0, 0.05) is 5.25 Å². The van der Waals surface area contributed by atoms with Gasteiger partial charge in [0.1, 0.15) is 18.4 Å². The van der Waals surface area contributed by atoms with Crippen LogP contribution in [0.5, 0.6) is 0 Å². The molecule has 0 aliphatic carbocycles. The van der Waals surface area contributed by atoms with Crippen molar-refractivity contribution in [3.8, 4) is 0 Å². The van der Waals surface area contributed by atoms with E-state index in [9.17, 15) is 4.57 Å². The van der Waals surface area contributed by atoms with E-state index in [0.29, 0.717) is 5.25 Å². The van der Waals surface area contributed by atoms with Crippen LogP contribution in [0.4, 0.5) is 0 Å². The summed E-state index contributed by atoms with van der Waals surface area (Å²) in [6.45, 7) is 6.29. The Labute approximate surface area is 87.0 Å².